The van der Waals surface area contributed by atoms with E-state index in [9.17, 15) is 9.59 Å². The first kappa shape index (κ1) is 15.2. The highest BCUT2D eigenvalue weighted by molar-refractivity contribution is 9.10. The molecule has 5 nitrogen and oxygen atoms in total. The molecule has 0 radical (unpaired) electrons. The van der Waals surface area contributed by atoms with Crippen molar-refractivity contribution in [3.05, 3.63) is 28.2 Å². The third kappa shape index (κ3) is 5.53. The van der Waals surface area contributed by atoms with Crippen LogP contribution in [0.4, 0.5) is 5.69 Å². The number of benzene rings is 1. The van der Waals surface area contributed by atoms with Gasteiger partial charge in [-0.1, -0.05) is 15.9 Å². The molecule has 1 amide bonds. The number of unbranched alkanes of at least 4 members (excludes halogenated alkanes) is 1. The summed E-state index contributed by atoms with van der Waals surface area (Å²) in [7, 11) is 0. The number of carboxylic acid groups (broad SMARTS) is 1. The lowest BCUT2D eigenvalue weighted by Gasteiger charge is -2.07. The monoisotopic (exact) mass is 324 g/mol. The highest BCUT2D eigenvalue weighted by Crippen LogP contribution is 2.20. The lowest BCUT2D eigenvalue weighted by atomic mass is 10.1. The zero-order chi connectivity index (χ0) is 14.3. The Hall–Kier alpha value is -1.87. The molecule has 0 unspecified atom stereocenters. The van der Waals surface area contributed by atoms with Gasteiger partial charge in [-0.25, -0.2) is 0 Å². The first-order valence-corrected chi connectivity index (χ1v) is 6.53. The van der Waals surface area contributed by atoms with E-state index in [1.165, 1.54) is 0 Å². The van der Waals surface area contributed by atoms with Gasteiger partial charge in [0.1, 0.15) is 6.07 Å². The Labute approximate surface area is 119 Å². The molecule has 0 saturated carbocycles. The van der Waals surface area contributed by atoms with Crippen LogP contribution in [0.2, 0.25) is 0 Å². The molecule has 1 aromatic rings. The number of nitrogens with zero attached hydrogens (tertiary/aromatic N) is 1. The van der Waals surface area contributed by atoms with Crippen molar-refractivity contribution in [2.45, 2.75) is 25.7 Å². The molecule has 0 spiro atoms. The van der Waals surface area contributed by atoms with Crippen molar-refractivity contribution in [3.63, 3.8) is 0 Å². The molecule has 1 aromatic carbocycles. The van der Waals surface area contributed by atoms with Crippen LogP contribution in [-0.2, 0) is 9.59 Å². The summed E-state index contributed by atoms with van der Waals surface area (Å²) in [5.74, 6) is -1.08. The summed E-state index contributed by atoms with van der Waals surface area (Å²) in [5, 5.41) is 20.1. The summed E-state index contributed by atoms with van der Waals surface area (Å²) in [6, 6.07) is 7.01. The third-order valence-electron chi connectivity index (χ3n) is 2.42. The molecule has 0 fully saturated rings. The summed E-state index contributed by atoms with van der Waals surface area (Å²) >= 11 is 3.25. The average molecular weight is 325 g/mol. The maximum Gasteiger partial charge on any atom is 0.303 e. The predicted octanol–water partition coefficient (Wildman–Crippen LogP) is 2.90. The third-order valence-corrected chi connectivity index (χ3v) is 2.91. The summed E-state index contributed by atoms with van der Waals surface area (Å²) in [6.07, 6.45) is 1.29. The maximum absolute atomic E-state index is 11.6. The first-order valence-electron chi connectivity index (χ1n) is 5.74. The van der Waals surface area contributed by atoms with E-state index in [1.807, 2.05) is 6.07 Å². The van der Waals surface area contributed by atoms with Crippen LogP contribution in [0.25, 0.3) is 0 Å². The number of carbonyl (C=O) groups excluding carboxylic acids is 1. The van der Waals surface area contributed by atoms with Gasteiger partial charge in [0, 0.05) is 17.3 Å². The van der Waals surface area contributed by atoms with Gasteiger partial charge in [-0.3, -0.25) is 9.59 Å². The average Bonchev–Trinajstić information content (AvgIpc) is 2.36. The SMILES string of the molecule is N#Cc1cc(Br)ccc1NC(=O)CCCCC(=O)O. The van der Waals surface area contributed by atoms with Crippen molar-refractivity contribution in [3.8, 4) is 6.07 Å². The van der Waals surface area contributed by atoms with E-state index in [1.54, 1.807) is 18.2 Å². The van der Waals surface area contributed by atoms with Crippen LogP contribution in [0, 0.1) is 11.3 Å². The molecule has 6 heteroatoms. The molecule has 19 heavy (non-hydrogen) atoms. The van der Waals surface area contributed by atoms with Gasteiger partial charge in [-0.2, -0.15) is 5.26 Å². The van der Waals surface area contributed by atoms with Crippen molar-refractivity contribution in [1.82, 2.24) is 0 Å². The van der Waals surface area contributed by atoms with Crippen molar-refractivity contribution in [2.24, 2.45) is 0 Å². The lowest BCUT2D eigenvalue weighted by molar-refractivity contribution is -0.137. The number of halogens is 1. The summed E-state index contributed by atoms with van der Waals surface area (Å²) in [6.45, 7) is 0. The Morgan fingerprint density at radius 3 is 2.63 bits per heavy atom. The van der Waals surface area contributed by atoms with Crippen LogP contribution >= 0.6 is 15.9 Å². The molecule has 2 N–H and O–H groups in total. The molecule has 1 rings (SSSR count). The Kier molecular flexibility index (Phi) is 6.03. The van der Waals surface area contributed by atoms with Gasteiger partial charge in [0.2, 0.25) is 5.91 Å². The normalized spacial score (nSPS) is 9.68. The van der Waals surface area contributed by atoms with Gasteiger partial charge in [0.05, 0.1) is 11.3 Å². The first-order chi connectivity index (χ1) is 9.02. The second-order valence-corrected chi connectivity index (χ2v) is 4.87. The lowest BCUT2D eigenvalue weighted by Crippen LogP contribution is -2.12. The molecule has 0 heterocycles. The predicted molar refractivity (Wildman–Crippen MR) is 73.6 cm³/mol. The van der Waals surface area contributed by atoms with E-state index in [4.69, 9.17) is 10.4 Å². The van der Waals surface area contributed by atoms with Crippen molar-refractivity contribution in [1.29, 1.82) is 5.26 Å². The molecule has 0 aliphatic carbocycles. The number of hydrogen-bond donors (Lipinski definition) is 2. The number of aliphatic carboxylic acids is 1. The number of nitrogens with one attached hydrogen (secondary N) is 1. The highest BCUT2D eigenvalue weighted by Gasteiger charge is 2.07. The van der Waals surface area contributed by atoms with E-state index in [0.717, 1.165) is 4.47 Å². The smallest absolute Gasteiger partial charge is 0.303 e. The summed E-state index contributed by atoms with van der Waals surface area (Å²) in [4.78, 5) is 21.9. The van der Waals surface area contributed by atoms with E-state index >= 15 is 0 Å². The fraction of sp³-hybridized carbons (Fsp3) is 0.308. The molecule has 0 aliphatic heterocycles. The molecule has 100 valence electrons. The number of amides is 1. The maximum atomic E-state index is 11.6. The number of rotatable bonds is 6. The minimum atomic E-state index is -0.861. The quantitative estimate of drug-likeness (QED) is 0.787. The minimum absolute atomic E-state index is 0.0645. The van der Waals surface area contributed by atoms with Gasteiger partial charge >= 0.3 is 5.97 Å². The van der Waals surface area contributed by atoms with Gasteiger partial charge in [0.15, 0.2) is 0 Å². The van der Waals surface area contributed by atoms with E-state index < -0.39 is 5.97 Å². The fourth-order valence-electron chi connectivity index (χ4n) is 1.49. The number of anilines is 1. The molecular weight excluding hydrogens is 312 g/mol. The molecule has 0 aromatic heterocycles. The number of carbonyl (C=O) groups is 2. The van der Waals surface area contributed by atoms with E-state index in [0.29, 0.717) is 24.1 Å². The molecule has 0 atom stereocenters. The van der Waals surface area contributed by atoms with Gasteiger partial charge in [0.25, 0.3) is 0 Å². The number of hydrogen-bond acceptors (Lipinski definition) is 3. The Morgan fingerprint density at radius 2 is 2.00 bits per heavy atom. The highest BCUT2D eigenvalue weighted by atomic mass is 79.9. The molecule has 0 aliphatic rings. The van der Waals surface area contributed by atoms with Gasteiger partial charge in [-0.15, -0.1) is 0 Å². The van der Waals surface area contributed by atoms with Crippen LogP contribution in [0.3, 0.4) is 0 Å². The molecule has 0 saturated heterocycles. The van der Waals surface area contributed by atoms with Gasteiger partial charge < -0.3 is 10.4 Å². The standard InChI is InChI=1S/C13H13BrN2O3/c14-10-5-6-11(9(7-10)8-15)16-12(17)3-1-2-4-13(18)19/h5-7H,1-4H2,(H,16,17)(H,18,19). The molecule has 0 bridgehead atoms. The molecular formula is C13H13BrN2O3. The van der Waals surface area contributed by atoms with Crippen LogP contribution in [0.5, 0.6) is 0 Å². The van der Waals surface area contributed by atoms with E-state index in [2.05, 4.69) is 21.2 Å². The summed E-state index contributed by atoms with van der Waals surface area (Å²) in [5.41, 5.74) is 0.849. The topological polar surface area (TPSA) is 90.2 Å². The van der Waals surface area contributed by atoms with Crippen LogP contribution in [-0.4, -0.2) is 17.0 Å². The van der Waals surface area contributed by atoms with Crippen molar-refractivity contribution in [2.75, 3.05) is 5.32 Å². The zero-order valence-electron chi connectivity index (χ0n) is 10.1. The second kappa shape index (κ2) is 7.54. The van der Waals surface area contributed by atoms with Gasteiger partial charge in [-0.05, 0) is 31.0 Å². The second-order valence-electron chi connectivity index (χ2n) is 3.95. The van der Waals surface area contributed by atoms with Crippen molar-refractivity contribution < 1.29 is 14.7 Å². The van der Waals surface area contributed by atoms with E-state index in [-0.39, 0.29) is 18.7 Å². The van der Waals surface area contributed by atoms with Crippen LogP contribution in [0.15, 0.2) is 22.7 Å². The Balaban J connectivity index is 2.49. The number of carboxylic acids is 1. The zero-order valence-corrected chi connectivity index (χ0v) is 11.7. The van der Waals surface area contributed by atoms with Crippen LogP contribution < -0.4 is 5.32 Å². The van der Waals surface area contributed by atoms with Crippen LogP contribution in [0.1, 0.15) is 31.2 Å². The Morgan fingerprint density at radius 1 is 1.32 bits per heavy atom. The Bertz CT molecular complexity index is 523. The summed E-state index contributed by atoms with van der Waals surface area (Å²) < 4.78 is 0.767. The fourth-order valence-corrected chi connectivity index (χ4v) is 1.85. The minimum Gasteiger partial charge on any atom is -0.481 e. The number of nitriles is 1. The van der Waals surface area contributed by atoms with Crippen molar-refractivity contribution >= 4 is 33.5 Å². The largest absolute Gasteiger partial charge is 0.481 e.